The molecule has 2 aromatic rings. The molecule has 0 atom stereocenters. The van der Waals surface area contributed by atoms with Crippen molar-refractivity contribution in [2.45, 2.75) is 26.3 Å². The van der Waals surface area contributed by atoms with Crippen molar-refractivity contribution in [3.05, 3.63) is 48.3 Å². The highest BCUT2D eigenvalue weighted by Crippen LogP contribution is 2.24. The first-order valence-corrected chi connectivity index (χ1v) is 7.24. The van der Waals surface area contributed by atoms with Gasteiger partial charge in [0.2, 0.25) is 0 Å². The van der Waals surface area contributed by atoms with Crippen molar-refractivity contribution in [3.8, 4) is 11.4 Å². The normalized spacial score (nSPS) is 11.0. The molecular formula is C17H24N2O. The number of unbranched alkanes of at least 4 members (excludes halogenated alkanes) is 1. The van der Waals surface area contributed by atoms with Crippen LogP contribution in [0.15, 0.2) is 42.6 Å². The molecule has 0 bridgehead atoms. The lowest BCUT2D eigenvalue weighted by Crippen LogP contribution is -2.20. The molecule has 0 N–H and O–H groups in total. The number of benzene rings is 1. The van der Waals surface area contributed by atoms with Crippen LogP contribution in [0.2, 0.25) is 0 Å². The average Bonchev–Trinajstić information content (AvgIpc) is 2.93. The van der Waals surface area contributed by atoms with E-state index in [9.17, 15) is 0 Å². The maximum atomic E-state index is 5.46. The van der Waals surface area contributed by atoms with Gasteiger partial charge in [-0.15, -0.1) is 0 Å². The van der Waals surface area contributed by atoms with E-state index < -0.39 is 0 Å². The maximum absolute atomic E-state index is 5.46. The van der Waals surface area contributed by atoms with Crippen molar-refractivity contribution >= 4 is 0 Å². The first-order valence-electron chi connectivity index (χ1n) is 7.24. The second kappa shape index (κ2) is 7.15. The summed E-state index contributed by atoms with van der Waals surface area (Å²) in [4.78, 5) is 2.37. The van der Waals surface area contributed by atoms with Gasteiger partial charge in [0, 0.05) is 18.4 Å². The minimum Gasteiger partial charge on any atom is -0.495 e. The molecule has 1 aromatic heterocycles. The molecule has 0 fully saturated rings. The highest BCUT2D eigenvalue weighted by Gasteiger charge is 2.09. The molecule has 108 valence electrons. The van der Waals surface area contributed by atoms with Gasteiger partial charge in [0.1, 0.15) is 5.75 Å². The van der Waals surface area contributed by atoms with Gasteiger partial charge in [0.05, 0.1) is 12.8 Å². The Balaban J connectivity index is 2.20. The van der Waals surface area contributed by atoms with E-state index >= 15 is 0 Å². The zero-order valence-electron chi connectivity index (χ0n) is 12.7. The van der Waals surface area contributed by atoms with Crippen molar-refractivity contribution in [1.82, 2.24) is 9.47 Å². The van der Waals surface area contributed by atoms with Crippen LogP contribution in [0.5, 0.6) is 5.75 Å². The van der Waals surface area contributed by atoms with E-state index in [-0.39, 0.29) is 0 Å². The molecule has 2 rings (SSSR count). The van der Waals surface area contributed by atoms with E-state index in [2.05, 4.69) is 47.8 Å². The van der Waals surface area contributed by atoms with Gasteiger partial charge in [-0.25, -0.2) is 0 Å². The van der Waals surface area contributed by atoms with Gasteiger partial charge >= 0.3 is 0 Å². The Bertz CT molecular complexity index is 533. The number of nitrogens with zero attached hydrogens (tertiary/aromatic N) is 2. The van der Waals surface area contributed by atoms with Gasteiger partial charge in [-0.3, -0.25) is 0 Å². The summed E-state index contributed by atoms with van der Waals surface area (Å²) in [6.45, 7) is 4.31. The van der Waals surface area contributed by atoms with Crippen molar-refractivity contribution in [1.29, 1.82) is 0 Å². The van der Waals surface area contributed by atoms with Crippen LogP contribution < -0.4 is 4.74 Å². The van der Waals surface area contributed by atoms with E-state index in [1.807, 2.05) is 18.2 Å². The van der Waals surface area contributed by atoms with Crippen molar-refractivity contribution in [2.24, 2.45) is 0 Å². The number of ether oxygens (including phenoxy) is 1. The summed E-state index contributed by atoms with van der Waals surface area (Å²) < 4.78 is 7.67. The summed E-state index contributed by atoms with van der Waals surface area (Å²) in [5.41, 5.74) is 2.38. The van der Waals surface area contributed by atoms with E-state index in [0.717, 1.165) is 24.5 Å². The van der Waals surface area contributed by atoms with Crippen molar-refractivity contribution in [3.63, 3.8) is 0 Å². The van der Waals surface area contributed by atoms with Gasteiger partial charge in [0.25, 0.3) is 0 Å². The molecule has 0 saturated heterocycles. The molecule has 1 aromatic carbocycles. The van der Waals surface area contributed by atoms with Crippen LogP contribution >= 0.6 is 0 Å². The predicted molar refractivity (Wildman–Crippen MR) is 83.6 cm³/mol. The first-order chi connectivity index (χ1) is 9.76. The predicted octanol–water partition coefficient (Wildman–Crippen LogP) is 3.72. The van der Waals surface area contributed by atoms with E-state index in [4.69, 9.17) is 4.74 Å². The third kappa shape index (κ3) is 3.42. The summed E-state index contributed by atoms with van der Waals surface area (Å²) in [6.07, 6.45) is 4.57. The van der Waals surface area contributed by atoms with Gasteiger partial charge in [-0.2, -0.15) is 0 Å². The van der Waals surface area contributed by atoms with Crippen LogP contribution in [-0.4, -0.2) is 30.2 Å². The molecule has 1 heterocycles. The van der Waals surface area contributed by atoms with Crippen LogP contribution in [0.25, 0.3) is 5.69 Å². The number of rotatable bonds is 7. The smallest absolute Gasteiger partial charge is 0.142 e. The van der Waals surface area contributed by atoms with Crippen molar-refractivity contribution < 1.29 is 4.74 Å². The molecular weight excluding hydrogens is 248 g/mol. The SMILES string of the molecule is CCCCN(C)Cc1cccn1-c1ccccc1OC. The molecule has 0 aliphatic carbocycles. The van der Waals surface area contributed by atoms with Crippen molar-refractivity contribution in [2.75, 3.05) is 20.7 Å². The van der Waals surface area contributed by atoms with Gasteiger partial charge < -0.3 is 14.2 Å². The van der Waals surface area contributed by atoms with Crippen LogP contribution in [0, 0.1) is 0 Å². The number of methoxy groups -OCH3 is 1. The molecule has 0 spiro atoms. The Kier molecular flexibility index (Phi) is 5.24. The summed E-state index contributed by atoms with van der Waals surface area (Å²) in [7, 11) is 3.89. The molecule has 0 aliphatic heterocycles. The molecule has 0 saturated carbocycles. The Morgan fingerprint density at radius 1 is 1.15 bits per heavy atom. The highest BCUT2D eigenvalue weighted by molar-refractivity contribution is 5.48. The van der Waals surface area contributed by atoms with E-state index in [1.54, 1.807) is 7.11 Å². The fourth-order valence-corrected chi connectivity index (χ4v) is 2.39. The largest absolute Gasteiger partial charge is 0.495 e. The number of aromatic nitrogens is 1. The summed E-state index contributed by atoms with van der Waals surface area (Å²) in [5, 5.41) is 0. The fraction of sp³-hybridized carbons (Fsp3) is 0.412. The molecule has 3 heteroatoms. The zero-order chi connectivity index (χ0) is 14.4. The number of hydrogen-bond acceptors (Lipinski definition) is 2. The molecule has 20 heavy (non-hydrogen) atoms. The minimum absolute atomic E-state index is 0.904. The average molecular weight is 272 g/mol. The van der Waals surface area contributed by atoms with E-state index in [1.165, 1.54) is 18.5 Å². The maximum Gasteiger partial charge on any atom is 0.142 e. The quantitative estimate of drug-likeness (QED) is 0.764. The van der Waals surface area contributed by atoms with Gasteiger partial charge in [-0.1, -0.05) is 25.5 Å². The molecule has 0 radical (unpaired) electrons. The summed E-state index contributed by atoms with van der Waals surface area (Å²) >= 11 is 0. The van der Waals surface area contributed by atoms with Gasteiger partial charge in [-0.05, 0) is 44.3 Å². The van der Waals surface area contributed by atoms with Crippen LogP contribution in [0.3, 0.4) is 0 Å². The molecule has 0 amide bonds. The molecule has 3 nitrogen and oxygen atoms in total. The van der Waals surface area contributed by atoms with Crippen LogP contribution in [-0.2, 0) is 6.54 Å². The van der Waals surface area contributed by atoms with Crippen LogP contribution in [0.1, 0.15) is 25.5 Å². The Labute approximate surface area is 121 Å². The monoisotopic (exact) mass is 272 g/mol. The zero-order valence-corrected chi connectivity index (χ0v) is 12.7. The third-order valence-electron chi connectivity index (χ3n) is 3.50. The Hall–Kier alpha value is -1.74. The Morgan fingerprint density at radius 2 is 1.95 bits per heavy atom. The third-order valence-corrected chi connectivity index (χ3v) is 3.50. The lowest BCUT2D eigenvalue weighted by atomic mass is 10.2. The standard InChI is InChI=1S/C17H24N2O/c1-4-5-12-18(2)14-15-9-8-13-19(15)16-10-6-7-11-17(16)20-3/h6-11,13H,4-5,12,14H2,1-3H3. The lowest BCUT2D eigenvalue weighted by Gasteiger charge is -2.19. The first kappa shape index (κ1) is 14.7. The molecule has 0 unspecified atom stereocenters. The second-order valence-electron chi connectivity index (χ2n) is 5.13. The second-order valence-corrected chi connectivity index (χ2v) is 5.13. The van der Waals surface area contributed by atoms with E-state index in [0.29, 0.717) is 0 Å². The molecule has 0 aliphatic rings. The van der Waals surface area contributed by atoms with Gasteiger partial charge in [0.15, 0.2) is 0 Å². The number of hydrogen-bond donors (Lipinski definition) is 0. The Morgan fingerprint density at radius 3 is 2.70 bits per heavy atom. The lowest BCUT2D eigenvalue weighted by molar-refractivity contribution is 0.315. The summed E-state index contributed by atoms with van der Waals surface area (Å²) in [6, 6.07) is 12.4. The van der Waals surface area contributed by atoms with Crippen LogP contribution in [0.4, 0.5) is 0 Å². The highest BCUT2D eigenvalue weighted by atomic mass is 16.5. The topological polar surface area (TPSA) is 17.4 Å². The number of para-hydroxylation sites is 2. The summed E-state index contributed by atoms with van der Waals surface area (Å²) in [5.74, 6) is 0.904. The fourth-order valence-electron chi connectivity index (χ4n) is 2.39. The minimum atomic E-state index is 0.904.